The van der Waals surface area contributed by atoms with Gasteiger partial charge >= 0.3 is 0 Å². The number of aryl methyl sites for hydroxylation is 1. The van der Waals surface area contributed by atoms with Gasteiger partial charge in [0.05, 0.1) is 26.4 Å². The maximum atomic E-state index is 12.2. The molecule has 1 heterocycles. The summed E-state index contributed by atoms with van der Waals surface area (Å²) in [5.74, 6) is -0.347. The monoisotopic (exact) mass is 417 g/mol. The minimum absolute atomic E-state index is 0.0590. The maximum absolute atomic E-state index is 12.2. The van der Waals surface area contributed by atoms with Gasteiger partial charge in [-0.1, -0.05) is 48.3 Å². The first-order valence-corrected chi connectivity index (χ1v) is 9.87. The fourth-order valence-electron chi connectivity index (χ4n) is 2.56. The van der Waals surface area contributed by atoms with E-state index in [-0.39, 0.29) is 41.2 Å². The lowest BCUT2D eigenvalue weighted by molar-refractivity contribution is -0.115. The van der Waals surface area contributed by atoms with E-state index < -0.39 is 42.2 Å². The third kappa shape index (κ3) is 6.69. The number of anilines is 2. The zero-order chi connectivity index (χ0) is 27.7. The zero-order valence-corrected chi connectivity index (χ0v) is 16.7. The Morgan fingerprint density at radius 2 is 2.03 bits per heavy atom. The van der Waals surface area contributed by atoms with E-state index in [9.17, 15) is 9.90 Å². The van der Waals surface area contributed by atoms with Crippen LogP contribution in [-0.4, -0.2) is 16.0 Å². The minimum Gasteiger partial charge on any atom is -0.388 e. The molecule has 0 aliphatic heterocycles. The van der Waals surface area contributed by atoms with E-state index >= 15 is 0 Å². The summed E-state index contributed by atoms with van der Waals surface area (Å²) in [5, 5.41) is 13.9. The molecule has 3 aromatic rings. The highest BCUT2D eigenvalue weighted by Crippen LogP contribution is 2.21. The second-order valence-electron chi connectivity index (χ2n) is 6.40. The number of carbonyl (C=O) groups excluding carboxylic acids is 1. The largest absolute Gasteiger partial charge is 0.388 e. The fraction of sp³-hybridized carbons (Fsp3) is 0.304. The van der Waals surface area contributed by atoms with Gasteiger partial charge in [0.1, 0.15) is 0 Å². The number of thiazole rings is 1. The molecule has 0 spiro atoms. The zero-order valence-electron chi connectivity index (χ0n) is 23.9. The second-order valence-corrected chi connectivity index (χ2v) is 7.23. The van der Waals surface area contributed by atoms with Crippen molar-refractivity contribution in [3.8, 4) is 0 Å². The molecule has 1 atom stereocenters. The van der Waals surface area contributed by atoms with Gasteiger partial charge in [0, 0.05) is 13.8 Å². The number of benzene rings is 2. The van der Waals surface area contributed by atoms with Crippen molar-refractivity contribution in [1.29, 1.82) is 0 Å². The molecule has 1 amide bonds. The van der Waals surface area contributed by atoms with E-state index in [4.69, 9.17) is 16.7 Å². The van der Waals surface area contributed by atoms with Crippen LogP contribution in [0.1, 0.15) is 58.6 Å². The van der Waals surface area contributed by atoms with Crippen LogP contribution in [0, 0.1) is 6.92 Å². The summed E-state index contributed by atoms with van der Waals surface area (Å²) in [7, 11) is 0. The lowest BCUT2D eigenvalue weighted by Crippen LogP contribution is -2.14. The van der Waals surface area contributed by atoms with Crippen LogP contribution in [0.15, 0.2) is 53.8 Å². The van der Waals surface area contributed by atoms with Crippen molar-refractivity contribution in [2.75, 3.05) is 11.1 Å². The van der Waals surface area contributed by atoms with Crippen molar-refractivity contribution in [3.05, 3.63) is 76.2 Å². The third-order valence-electron chi connectivity index (χ3n) is 4.01. The van der Waals surface area contributed by atoms with E-state index in [1.165, 1.54) is 6.92 Å². The number of aliphatic hydroxyl groups is 1. The van der Waals surface area contributed by atoms with Crippen LogP contribution in [-0.2, 0) is 17.6 Å². The Balaban J connectivity index is 1.62. The van der Waals surface area contributed by atoms with Crippen LogP contribution >= 0.6 is 11.3 Å². The maximum Gasteiger partial charge on any atom is 0.230 e. The molecule has 6 heteroatoms. The average Bonchev–Trinajstić information content (AvgIpc) is 3.13. The fourth-order valence-corrected chi connectivity index (χ4v) is 3.05. The Kier molecular flexibility index (Phi) is 4.49. The Morgan fingerprint density at radius 3 is 2.69 bits per heavy atom. The van der Waals surface area contributed by atoms with Gasteiger partial charge in [-0.05, 0) is 49.4 Å². The third-order valence-corrected chi connectivity index (χ3v) is 4.64. The highest BCUT2D eigenvalue weighted by molar-refractivity contribution is 7.13. The van der Waals surface area contributed by atoms with Crippen molar-refractivity contribution in [1.82, 2.24) is 4.98 Å². The molecule has 4 N–H and O–H groups in total. The number of hydrogen-bond donors (Lipinski definition) is 3. The number of nitrogens with zero attached hydrogens (tertiary/aromatic N) is 1. The van der Waals surface area contributed by atoms with Crippen molar-refractivity contribution in [2.45, 2.75) is 45.1 Å². The van der Waals surface area contributed by atoms with Crippen LogP contribution in [0.2, 0.25) is 0 Å². The number of amides is 1. The number of nitrogens with one attached hydrogen (secondary N) is 1. The summed E-state index contributed by atoms with van der Waals surface area (Å²) in [5.41, 5.74) is 6.58. The Morgan fingerprint density at radius 1 is 1.31 bits per heavy atom. The summed E-state index contributed by atoms with van der Waals surface area (Å²) in [4.78, 5) is 16.2. The van der Waals surface area contributed by atoms with Gasteiger partial charge in [-0.25, -0.2) is 4.98 Å². The highest BCUT2D eigenvalue weighted by Gasteiger charge is 2.08. The first-order chi connectivity index (χ1) is 17.2. The van der Waals surface area contributed by atoms with Crippen molar-refractivity contribution in [2.24, 2.45) is 0 Å². The number of nitrogens with two attached hydrogens (primary N) is 1. The number of hydrogen-bond acceptors (Lipinski definition) is 5. The molecule has 152 valence electrons. The van der Waals surface area contributed by atoms with Gasteiger partial charge in [-0.3, -0.25) is 4.79 Å². The summed E-state index contributed by atoms with van der Waals surface area (Å²) in [6.07, 6.45) is -5.28. The molecule has 1 aromatic heterocycles. The lowest BCUT2D eigenvalue weighted by Gasteiger charge is -2.11. The number of nitrogen functional groups attached to an aromatic ring is 1. The predicted octanol–water partition coefficient (Wildman–Crippen LogP) is 4.66. The molecule has 0 aliphatic rings. The van der Waals surface area contributed by atoms with Crippen LogP contribution in [0.5, 0.6) is 0 Å². The summed E-state index contributed by atoms with van der Waals surface area (Å²) < 4.78 is 64.7. The summed E-state index contributed by atoms with van der Waals surface area (Å²) in [6, 6.07) is 4.76. The highest BCUT2D eigenvalue weighted by atomic mass is 32.1. The van der Waals surface area contributed by atoms with Gasteiger partial charge in [0.25, 0.3) is 0 Å². The molecule has 0 bridgehead atoms. The molecule has 0 saturated carbocycles. The van der Waals surface area contributed by atoms with Gasteiger partial charge in [-0.15, -0.1) is 11.3 Å². The van der Waals surface area contributed by atoms with Gasteiger partial charge in [0.15, 0.2) is 5.13 Å². The van der Waals surface area contributed by atoms with Crippen LogP contribution in [0.3, 0.4) is 0 Å². The molecule has 3 rings (SSSR count). The minimum atomic E-state index is -2.99. The van der Waals surface area contributed by atoms with E-state index in [2.05, 4.69) is 10.3 Å². The molecule has 0 fully saturated rings. The molecule has 5 nitrogen and oxygen atoms in total. The summed E-state index contributed by atoms with van der Waals surface area (Å²) >= 11 is 0.996. The molecular formula is C23H27N3O2S. The number of carbonyl (C=O) groups is 1. The molecule has 2 aromatic carbocycles. The van der Waals surface area contributed by atoms with Crippen molar-refractivity contribution >= 4 is 28.1 Å². The van der Waals surface area contributed by atoms with Crippen LogP contribution in [0.4, 0.5) is 10.8 Å². The van der Waals surface area contributed by atoms with Gasteiger partial charge in [0.2, 0.25) is 5.91 Å². The predicted molar refractivity (Wildman–Crippen MR) is 119 cm³/mol. The first kappa shape index (κ1) is 12.8. The van der Waals surface area contributed by atoms with E-state index in [0.29, 0.717) is 17.8 Å². The number of rotatable bonds is 9. The smallest absolute Gasteiger partial charge is 0.230 e. The molecule has 0 unspecified atom stereocenters. The SMILES string of the molecule is [2H]c1sc(N)nc1CC(=O)Nc1ccc(CCCC([2H])([2H])[C@]([2H])(O)c2c([2H])c([2H])c(C)c([2H])c2[2H])cc1. The molecular weight excluding hydrogens is 382 g/mol. The van der Waals surface area contributed by atoms with Crippen molar-refractivity contribution in [3.63, 3.8) is 0 Å². The molecule has 0 aliphatic carbocycles. The topological polar surface area (TPSA) is 88.2 Å². The summed E-state index contributed by atoms with van der Waals surface area (Å²) in [6.45, 7) is 1.39. The van der Waals surface area contributed by atoms with Gasteiger partial charge < -0.3 is 16.2 Å². The molecule has 0 radical (unpaired) electrons. The van der Waals surface area contributed by atoms with Crippen LogP contribution in [0.25, 0.3) is 0 Å². The average molecular weight is 418 g/mol. The second kappa shape index (κ2) is 10.2. The Labute approximate surface area is 186 Å². The number of aromatic nitrogens is 1. The standard InChI is InChI=1S/C23H27N3O2S/c1-16-6-10-18(11-7-16)21(27)5-3-2-4-17-8-12-19(13-9-17)25-22(28)14-20-15-29-23(24)26-20/h6-13,15,21,27H,2-5,14H2,1H3,(H2,24,26)(H,25,28)/t21-/m0/s1/i5D2,6D,7D,10D,11D,15D,21D. The lowest BCUT2D eigenvalue weighted by atomic mass is 10.0. The quantitative estimate of drug-likeness (QED) is 0.472. The van der Waals surface area contributed by atoms with E-state index in [1.807, 2.05) is 0 Å². The van der Waals surface area contributed by atoms with E-state index in [1.54, 1.807) is 24.3 Å². The van der Waals surface area contributed by atoms with E-state index in [0.717, 1.165) is 16.9 Å². The van der Waals surface area contributed by atoms with Gasteiger partial charge in [-0.2, -0.15) is 0 Å². The van der Waals surface area contributed by atoms with Crippen molar-refractivity contribution < 1.29 is 20.9 Å². The Hall–Kier alpha value is -2.70. The Bertz CT molecular complexity index is 1280. The first-order valence-electron chi connectivity index (χ1n) is 13.1. The molecule has 29 heavy (non-hydrogen) atoms. The van der Waals surface area contributed by atoms with Crippen LogP contribution < -0.4 is 11.1 Å². The molecule has 0 saturated heterocycles. The normalized spacial score (nSPS) is 17.4.